The van der Waals surface area contributed by atoms with Gasteiger partial charge in [0.25, 0.3) is 5.56 Å². The smallest absolute Gasteiger partial charge is 0.350 e. The van der Waals surface area contributed by atoms with Gasteiger partial charge in [-0.2, -0.15) is 23.4 Å². The molecule has 2 aromatic carbocycles. The summed E-state index contributed by atoms with van der Waals surface area (Å²) in [6.45, 7) is 4.47. The molecule has 0 spiro atoms. The maximum absolute atomic E-state index is 13.8. The SMILES string of the molecule is Cc1cc(C)n(-c2ccc(CNC(=O)Cn3nc(C)c4ccccc4c3=O)c(C(F)(F)F)c2)n1. The van der Waals surface area contributed by atoms with E-state index < -0.39 is 29.8 Å². The normalized spacial score (nSPS) is 11.7. The monoisotopic (exact) mass is 469 g/mol. The fourth-order valence-electron chi connectivity index (χ4n) is 3.90. The molecule has 2 aromatic heterocycles. The van der Waals surface area contributed by atoms with Crippen LogP contribution >= 0.6 is 0 Å². The number of aromatic nitrogens is 4. The van der Waals surface area contributed by atoms with E-state index in [1.54, 1.807) is 51.1 Å². The first-order valence-electron chi connectivity index (χ1n) is 10.5. The largest absolute Gasteiger partial charge is 0.416 e. The summed E-state index contributed by atoms with van der Waals surface area (Å²) >= 11 is 0. The van der Waals surface area contributed by atoms with Crippen molar-refractivity contribution in [1.29, 1.82) is 0 Å². The number of hydrogen-bond acceptors (Lipinski definition) is 4. The van der Waals surface area contributed by atoms with E-state index in [1.807, 2.05) is 0 Å². The molecule has 4 rings (SSSR count). The molecule has 0 atom stereocenters. The first-order chi connectivity index (χ1) is 16.0. The van der Waals surface area contributed by atoms with E-state index in [1.165, 1.54) is 16.8 Å². The minimum atomic E-state index is -4.62. The van der Waals surface area contributed by atoms with Crippen molar-refractivity contribution in [2.24, 2.45) is 0 Å². The number of rotatable bonds is 5. The maximum atomic E-state index is 13.8. The van der Waals surface area contributed by atoms with Crippen LogP contribution in [-0.4, -0.2) is 25.5 Å². The highest BCUT2D eigenvalue weighted by atomic mass is 19.4. The van der Waals surface area contributed by atoms with Crippen LogP contribution in [0.15, 0.2) is 53.3 Å². The van der Waals surface area contributed by atoms with E-state index in [-0.39, 0.29) is 17.8 Å². The Hall–Kier alpha value is -3.95. The molecule has 1 N–H and O–H groups in total. The Bertz CT molecular complexity index is 1450. The second-order valence-electron chi connectivity index (χ2n) is 8.05. The van der Waals surface area contributed by atoms with Crippen molar-refractivity contribution in [3.8, 4) is 5.69 Å². The van der Waals surface area contributed by atoms with Crippen molar-refractivity contribution in [1.82, 2.24) is 24.9 Å². The Balaban J connectivity index is 1.56. The first-order valence-corrected chi connectivity index (χ1v) is 10.5. The Morgan fingerprint density at radius 1 is 1.00 bits per heavy atom. The lowest BCUT2D eigenvalue weighted by atomic mass is 10.1. The summed E-state index contributed by atoms with van der Waals surface area (Å²) in [6.07, 6.45) is -4.62. The van der Waals surface area contributed by atoms with Crippen LogP contribution in [-0.2, 0) is 24.1 Å². The van der Waals surface area contributed by atoms with Crippen molar-refractivity contribution >= 4 is 16.7 Å². The molecule has 0 unspecified atom stereocenters. The van der Waals surface area contributed by atoms with Gasteiger partial charge in [-0.1, -0.05) is 24.3 Å². The van der Waals surface area contributed by atoms with Gasteiger partial charge in [-0.3, -0.25) is 9.59 Å². The third kappa shape index (κ3) is 4.57. The lowest BCUT2D eigenvalue weighted by Gasteiger charge is -2.16. The van der Waals surface area contributed by atoms with Crippen molar-refractivity contribution < 1.29 is 18.0 Å². The first kappa shape index (κ1) is 23.2. The molecular formula is C24H22F3N5O2. The zero-order chi connectivity index (χ0) is 24.6. The molecule has 0 radical (unpaired) electrons. The Kier molecular flexibility index (Phi) is 5.99. The fourth-order valence-corrected chi connectivity index (χ4v) is 3.90. The predicted molar refractivity (Wildman–Crippen MR) is 121 cm³/mol. The van der Waals surface area contributed by atoms with Crippen LogP contribution in [0.4, 0.5) is 13.2 Å². The standard InChI is InChI=1S/C24H22F3N5O2/c1-14-10-15(2)32(29-14)18-9-8-17(21(11-18)24(25,26)27)12-28-22(33)13-31-23(34)20-7-5-4-6-19(20)16(3)30-31/h4-11H,12-13H2,1-3H3,(H,28,33). The molecule has 0 fully saturated rings. The summed E-state index contributed by atoms with van der Waals surface area (Å²) in [4.78, 5) is 25.1. The summed E-state index contributed by atoms with van der Waals surface area (Å²) in [7, 11) is 0. The van der Waals surface area contributed by atoms with Gasteiger partial charge in [0.1, 0.15) is 6.54 Å². The number of carbonyl (C=O) groups is 1. The molecule has 176 valence electrons. The number of aryl methyl sites for hydroxylation is 3. The molecule has 0 saturated carbocycles. The summed E-state index contributed by atoms with van der Waals surface area (Å²) in [5.74, 6) is -0.625. The summed E-state index contributed by atoms with van der Waals surface area (Å²) in [6, 6.07) is 12.5. The molecule has 0 aliphatic rings. The van der Waals surface area contributed by atoms with Crippen molar-refractivity contribution in [3.63, 3.8) is 0 Å². The quantitative estimate of drug-likeness (QED) is 0.482. The van der Waals surface area contributed by atoms with E-state index in [9.17, 15) is 22.8 Å². The Morgan fingerprint density at radius 2 is 1.71 bits per heavy atom. The van der Waals surface area contributed by atoms with E-state index in [4.69, 9.17) is 0 Å². The number of hydrogen-bond donors (Lipinski definition) is 1. The number of amides is 1. The minimum Gasteiger partial charge on any atom is -0.350 e. The van der Waals surface area contributed by atoms with Crippen LogP contribution in [0.2, 0.25) is 0 Å². The molecule has 0 saturated heterocycles. The van der Waals surface area contributed by atoms with Crippen molar-refractivity contribution in [2.45, 2.75) is 40.0 Å². The number of nitrogens with one attached hydrogen (secondary N) is 1. The topological polar surface area (TPSA) is 81.8 Å². The lowest BCUT2D eigenvalue weighted by molar-refractivity contribution is -0.138. The highest BCUT2D eigenvalue weighted by molar-refractivity contribution is 5.83. The van der Waals surface area contributed by atoms with Gasteiger partial charge in [0.15, 0.2) is 0 Å². The summed E-state index contributed by atoms with van der Waals surface area (Å²) in [5, 5.41) is 12.0. The van der Waals surface area contributed by atoms with Gasteiger partial charge in [-0.05, 0) is 50.6 Å². The maximum Gasteiger partial charge on any atom is 0.416 e. The van der Waals surface area contributed by atoms with Gasteiger partial charge in [-0.15, -0.1) is 0 Å². The number of nitrogens with zero attached hydrogens (tertiary/aromatic N) is 4. The molecule has 0 bridgehead atoms. The number of benzene rings is 2. The molecule has 2 heterocycles. The lowest BCUT2D eigenvalue weighted by Crippen LogP contribution is -2.34. The minimum absolute atomic E-state index is 0.0962. The third-order valence-electron chi connectivity index (χ3n) is 5.47. The number of fused-ring (bicyclic) bond motifs is 1. The fraction of sp³-hybridized carbons (Fsp3) is 0.250. The molecule has 10 heteroatoms. The van der Waals surface area contributed by atoms with Crippen molar-refractivity contribution in [2.75, 3.05) is 0 Å². The summed E-state index contributed by atoms with van der Waals surface area (Å²) < 4.78 is 43.8. The molecular weight excluding hydrogens is 447 g/mol. The zero-order valence-corrected chi connectivity index (χ0v) is 18.8. The molecule has 4 aromatic rings. The Labute approximate surface area is 192 Å². The average Bonchev–Trinajstić information content (AvgIpc) is 3.13. The van der Waals surface area contributed by atoms with Gasteiger partial charge >= 0.3 is 6.18 Å². The number of alkyl halides is 3. The molecule has 34 heavy (non-hydrogen) atoms. The Morgan fingerprint density at radius 3 is 2.35 bits per heavy atom. The van der Waals surface area contributed by atoms with E-state index in [0.29, 0.717) is 27.9 Å². The van der Waals surface area contributed by atoms with Crippen LogP contribution < -0.4 is 10.9 Å². The van der Waals surface area contributed by atoms with E-state index in [0.717, 1.165) is 10.7 Å². The average molecular weight is 469 g/mol. The van der Waals surface area contributed by atoms with E-state index >= 15 is 0 Å². The predicted octanol–water partition coefficient (Wildman–Crippen LogP) is 3.84. The van der Waals surface area contributed by atoms with Gasteiger partial charge in [0, 0.05) is 17.6 Å². The van der Waals surface area contributed by atoms with Gasteiger partial charge in [0.2, 0.25) is 5.91 Å². The third-order valence-corrected chi connectivity index (χ3v) is 5.47. The van der Waals surface area contributed by atoms with Crippen molar-refractivity contribution in [3.05, 3.63) is 87.1 Å². The van der Waals surface area contributed by atoms with Crippen LogP contribution in [0.5, 0.6) is 0 Å². The van der Waals surface area contributed by atoms with Gasteiger partial charge in [-0.25, -0.2) is 9.36 Å². The van der Waals surface area contributed by atoms with E-state index in [2.05, 4.69) is 15.5 Å². The number of halogens is 3. The number of carbonyl (C=O) groups excluding carboxylic acids is 1. The molecule has 0 aliphatic heterocycles. The molecule has 0 aliphatic carbocycles. The molecule has 1 amide bonds. The van der Waals surface area contributed by atoms with Gasteiger partial charge < -0.3 is 5.32 Å². The second-order valence-corrected chi connectivity index (χ2v) is 8.05. The molecule has 7 nitrogen and oxygen atoms in total. The zero-order valence-electron chi connectivity index (χ0n) is 18.8. The second kappa shape index (κ2) is 8.77. The van der Waals surface area contributed by atoms with Crippen LogP contribution in [0.25, 0.3) is 16.5 Å². The van der Waals surface area contributed by atoms with Crippen LogP contribution in [0, 0.1) is 20.8 Å². The van der Waals surface area contributed by atoms with Gasteiger partial charge in [0.05, 0.1) is 28.0 Å². The highest BCUT2D eigenvalue weighted by Gasteiger charge is 2.34. The summed E-state index contributed by atoms with van der Waals surface area (Å²) in [5.41, 5.74) is 0.834. The highest BCUT2D eigenvalue weighted by Crippen LogP contribution is 2.33. The van der Waals surface area contributed by atoms with Crippen LogP contribution in [0.3, 0.4) is 0 Å². The van der Waals surface area contributed by atoms with Crippen LogP contribution in [0.1, 0.15) is 28.2 Å².